The van der Waals surface area contributed by atoms with Gasteiger partial charge in [-0.25, -0.2) is 0 Å². The summed E-state index contributed by atoms with van der Waals surface area (Å²) in [5.41, 5.74) is 3.74. The number of benzene rings is 2. The van der Waals surface area contributed by atoms with Crippen LogP contribution >= 0.6 is 0 Å². The molecule has 184 valence electrons. The Morgan fingerprint density at radius 2 is 1.74 bits per heavy atom. The Balaban J connectivity index is 1.74. The van der Waals surface area contributed by atoms with Gasteiger partial charge in [-0.1, -0.05) is 25.1 Å². The number of para-hydroxylation sites is 1. The molecule has 1 saturated heterocycles. The van der Waals surface area contributed by atoms with Crippen LogP contribution in [-0.2, 0) is 16.0 Å². The quantitative estimate of drug-likeness (QED) is 0.586. The summed E-state index contributed by atoms with van der Waals surface area (Å²) in [6.07, 6.45) is 1.26. The summed E-state index contributed by atoms with van der Waals surface area (Å²) < 4.78 is 16.7. The van der Waals surface area contributed by atoms with Gasteiger partial charge in [0, 0.05) is 29.1 Å². The van der Waals surface area contributed by atoms with Crippen molar-refractivity contribution in [2.24, 2.45) is 0 Å². The first-order valence-corrected chi connectivity index (χ1v) is 11.9. The predicted molar refractivity (Wildman–Crippen MR) is 132 cm³/mol. The van der Waals surface area contributed by atoms with Crippen molar-refractivity contribution in [3.63, 3.8) is 0 Å². The van der Waals surface area contributed by atoms with Gasteiger partial charge in [0.15, 0.2) is 11.5 Å². The number of ether oxygens (including phenoxy) is 3. The number of H-pyrrole nitrogens is 1. The summed E-state index contributed by atoms with van der Waals surface area (Å²) in [4.78, 5) is 34.5. The summed E-state index contributed by atoms with van der Waals surface area (Å²) >= 11 is 0. The lowest BCUT2D eigenvalue weighted by atomic mass is 9.85. The Bertz CT molecular complexity index is 1270. The molecule has 2 aliphatic heterocycles. The van der Waals surface area contributed by atoms with Crippen LogP contribution in [0.3, 0.4) is 0 Å². The van der Waals surface area contributed by atoms with Gasteiger partial charge in [-0.05, 0) is 42.7 Å². The minimum atomic E-state index is -0.582. The molecule has 1 aromatic heterocycles. The van der Waals surface area contributed by atoms with Gasteiger partial charge >= 0.3 is 0 Å². The van der Waals surface area contributed by atoms with Crippen LogP contribution in [0.4, 0.5) is 0 Å². The summed E-state index contributed by atoms with van der Waals surface area (Å²) in [6.45, 7) is 4.10. The molecule has 0 spiro atoms. The fraction of sp³-hybridized carbons (Fsp3) is 0.407. The predicted octanol–water partition coefficient (Wildman–Crippen LogP) is 3.68. The van der Waals surface area contributed by atoms with Gasteiger partial charge in [0.2, 0.25) is 17.6 Å². The lowest BCUT2D eigenvalue weighted by Gasteiger charge is -2.48. The topological polar surface area (TPSA) is 84.1 Å². The number of carbonyl (C=O) groups is 2. The maximum atomic E-state index is 13.7. The first kappa shape index (κ1) is 23.1. The standard InChI is InChI=1S/C27H31N3O5/c1-6-15(2)29-14-23(31)30-20(27(29)32)13-18-17-9-7-8-10-19(17)28-24(18)25(30)16-11-21(33-3)26(35-5)22(12-16)34-4/h7-12,15,20,25,28H,6,13-14H2,1-5H3/t15-,20+,25+/m1/s1. The van der Waals surface area contributed by atoms with Gasteiger partial charge in [0.25, 0.3) is 0 Å². The van der Waals surface area contributed by atoms with Crippen LogP contribution in [0.2, 0.25) is 0 Å². The van der Waals surface area contributed by atoms with E-state index in [0.29, 0.717) is 23.7 Å². The van der Waals surface area contributed by atoms with Crippen molar-refractivity contribution < 1.29 is 23.8 Å². The van der Waals surface area contributed by atoms with Crippen molar-refractivity contribution in [3.8, 4) is 17.2 Å². The summed E-state index contributed by atoms with van der Waals surface area (Å²) in [7, 11) is 4.69. The van der Waals surface area contributed by atoms with E-state index in [4.69, 9.17) is 14.2 Å². The molecule has 0 radical (unpaired) electrons. The van der Waals surface area contributed by atoms with Crippen molar-refractivity contribution in [3.05, 3.63) is 53.2 Å². The van der Waals surface area contributed by atoms with Crippen LogP contribution in [0, 0.1) is 0 Å². The van der Waals surface area contributed by atoms with E-state index in [-0.39, 0.29) is 24.4 Å². The SMILES string of the molecule is CC[C@@H](C)N1CC(=O)N2[C@@H](c3cc(OC)c(OC)c(OC)c3)c3[nH]c4ccccc4c3C[C@H]2C1=O. The second-order valence-corrected chi connectivity index (χ2v) is 9.17. The number of aromatic amines is 1. The molecule has 8 nitrogen and oxygen atoms in total. The maximum absolute atomic E-state index is 13.7. The van der Waals surface area contributed by atoms with Crippen LogP contribution in [-0.4, -0.2) is 66.6 Å². The van der Waals surface area contributed by atoms with Crippen LogP contribution < -0.4 is 14.2 Å². The lowest BCUT2D eigenvalue weighted by molar-refractivity contribution is -0.160. The number of fused-ring (bicyclic) bond motifs is 4. The summed E-state index contributed by atoms with van der Waals surface area (Å²) in [5.74, 6) is 1.40. The van der Waals surface area contributed by atoms with E-state index in [1.54, 1.807) is 31.1 Å². The molecule has 8 heteroatoms. The van der Waals surface area contributed by atoms with E-state index in [2.05, 4.69) is 11.1 Å². The van der Waals surface area contributed by atoms with E-state index in [9.17, 15) is 9.59 Å². The maximum Gasteiger partial charge on any atom is 0.246 e. The highest BCUT2D eigenvalue weighted by Gasteiger charge is 2.49. The molecule has 5 rings (SSSR count). The number of hydrogen-bond acceptors (Lipinski definition) is 5. The molecule has 0 unspecified atom stereocenters. The molecule has 2 aliphatic rings. The van der Waals surface area contributed by atoms with Crippen LogP contribution in [0.1, 0.15) is 43.1 Å². The highest BCUT2D eigenvalue weighted by atomic mass is 16.5. The zero-order chi connectivity index (χ0) is 24.9. The van der Waals surface area contributed by atoms with Gasteiger partial charge in [-0.3, -0.25) is 9.59 Å². The number of nitrogens with one attached hydrogen (secondary N) is 1. The smallest absolute Gasteiger partial charge is 0.246 e. The third-order valence-electron chi connectivity index (χ3n) is 7.42. The molecule has 0 saturated carbocycles. The van der Waals surface area contributed by atoms with Gasteiger partial charge < -0.3 is 29.0 Å². The molecule has 3 aromatic rings. The van der Waals surface area contributed by atoms with Crippen molar-refractivity contribution in [1.82, 2.24) is 14.8 Å². The first-order chi connectivity index (χ1) is 16.9. The zero-order valence-corrected chi connectivity index (χ0v) is 20.8. The molecule has 2 amide bonds. The summed E-state index contributed by atoms with van der Waals surface area (Å²) in [6, 6.07) is 10.7. The molecule has 1 fully saturated rings. The van der Waals surface area contributed by atoms with Crippen molar-refractivity contribution in [1.29, 1.82) is 0 Å². The molecule has 3 heterocycles. The second-order valence-electron chi connectivity index (χ2n) is 9.17. The fourth-order valence-electron chi connectivity index (χ4n) is 5.49. The van der Waals surface area contributed by atoms with Crippen molar-refractivity contribution >= 4 is 22.7 Å². The lowest BCUT2D eigenvalue weighted by Crippen LogP contribution is -2.64. The van der Waals surface area contributed by atoms with Crippen LogP contribution in [0.15, 0.2) is 36.4 Å². The van der Waals surface area contributed by atoms with E-state index in [1.807, 2.05) is 44.2 Å². The average molecular weight is 478 g/mol. The summed E-state index contributed by atoms with van der Waals surface area (Å²) in [5, 5.41) is 1.07. The zero-order valence-electron chi connectivity index (χ0n) is 20.8. The van der Waals surface area contributed by atoms with E-state index in [0.717, 1.165) is 34.1 Å². The Kier molecular flexibility index (Phi) is 5.83. The Morgan fingerprint density at radius 3 is 2.37 bits per heavy atom. The highest BCUT2D eigenvalue weighted by Crippen LogP contribution is 2.47. The second kappa shape index (κ2) is 8.83. The normalized spacial score (nSPS) is 20.5. The third kappa shape index (κ3) is 3.50. The van der Waals surface area contributed by atoms with E-state index >= 15 is 0 Å². The number of hydrogen-bond donors (Lipinski definition) is 1. The Labute approximate surface area is 204 Å². The van der Waals surface area contributed by atoms with Gasteiger partial charge in [-0.15, -0.1) is 0 Å². The molecular formula is C27H31N3O5. The minimum Gasteiger partial charge on any atom is -0.493 e. The number of amides is 2. The molecular weight excluding hydrogens is 446 g/mol. The minimum absolute atomic E-state index is 0.00223. The molecule has 3 atom stereocenters. The van der Waals surface area contributed by atoms with Gasteiger partial charge in [-0.2, -0.15) is 0 Å². The van der Waals surface area contributed by atoms with E-state index < -0.39 is 12.1 Å². The monoisotopic (exact) mass is 477 g/mol. The molecule has 0 aliphatic carbocycles. The van der Waals surface area contributed by atoms with Gasteiger partial charge in [0.05, 0.1) is 27.4 Å². The Morgan fingerprint density at radius 1 is 1.06 bits per heavy atom. The first-order valence-electron chi connectivity index (χ1n) is 11.9. The molecule has 0 bridgehead atoms. The number of piperazine rings is 1. The largest absolute Gasteiger partial charge is 0.493 e. The van der Waals surface area contributed by atoms with Gasteiger partial charge in [0.1, 0.15) is 12.6 Å². The number of carbonyl (C=O) groups excluding carboxylic acids is 2. The number of methoxy groups -OCH3 is 3. The average Bonchev–Trinajstić information content (AvgIpc) is 3.26. The highest BCUT2D eigenvalue weighted by molar-refractivity contribution is 5.98. The Hall–Kier alpha value is -3.68. The van der Waals surface area contributed by atoms with Crippen molar-refractivity contribution in [2.45, 2.75) is 44.8 Å². The third-order valence-corrected chi connectivity index (χ3v) is 7.42. The van der Waals surface area contributed by atoms with Crippen LogP contribution in [0.25, 0.3) is 10.9 Å². The molecule has 35 heavy (non-hydrogen) atoms. The number of rotatable bonds is 6. The van der Waals surface area contributed by atoms with Crippen molar-refractivity contribution in [2.75, 3.05) is 27.9 Å². The molecule has 2 aromatic carbocycles. The number of aromatic nitrogens is 1. The molecule has 1 N–H and O–H groups in total. The fourth-order valence-corrected chi connectivity index (χ4v) is 5.49. The number of nitrogens with zero attached hydrogens (tertiary/aromatic N) is 2. The van der Waals surface area contributed by atoms with Crippen LogP contribution in [0.5, 0.6) is 17.2 Å². The van der Waals surface area contributed by atoms with E-state index in [1.165, 1.54) is 0 Å².